The van der Waals surface area contributed by atoms with E-state index in [1.807, 2.05) is 6.07 Å². The Morgan fingerprint density at radius 1 is 1.33 bits per heavy atom. The molecule has 2 fully saturated rings. The Labute approximate surface area is 105 Å². The first kappa shape index (κ1) is 11.6. The molecule has 18 heavy (non-hydrogen) atoms. The summed E-state index contributed by atoms with van der Waals surface area (Å²) in [5, 5.41) is 19.5. The Balaban J connectivity index is 2.02. The number of ether oxygens (including phenoxy) is 1. The molecule has 0 radical (unpaired) electrons. The van der Waals surface area contributed by atoms with Crippen molar-refractivity contribution < 1.29 is 14.2 Å². The van der Waals surface area contributed by atoms with E-state index in [1.54, 1.807) is 12.1 Å². The van der Waals surface area contributed by atoms with Crippen molar-refractivity contribution in [1.29, 1.82) is 5.26 Å². The fourth-order valence-corrected chi connectivity index (χ4v) is 3.11. The van der Waals surface area contributed by atoms with Crippen LogP contribution in [-0.4, -0.2) is 17.3 Å². The van der Waals surface area contributed by atoms with Gasteiger partial charge in [0.15, 0.2) is 0 Å². The van der Waals surface area contributed by atoms with Crippen LogP contribution in [0.15, 0.2) is 18.2 Å². The summed E-state index contributed by atoms with van der Waals surface area (Å²) < 4.78 is 19.8. The van der Waals surface area contributed by atoms with E-state index >= 15 is 0 Å². The molecule has 2 aliphatic heterocycles. The van der Waals surface area contributed by atoms with Gasteiger partial charge in [0, 0.05) is 18.4 Å². The van der Waals surface area contributed by atoms with Crippen LogP contribution in [0.5, 0.6) is 0 Å². The Bertz CT molecular complexity index is 511. The Morgan fingerprint density at radius 3 is 2.61 bits per heavy atom. The Hall–Kier alpha value is -1.44. The number of hydrogen-bond acceptors (Lipinski definition) is 3. The predicted octanol–water partition coefficient (Wildman–Crippen LogP) is 2.23. The first-order valence-electron chi connectivity index (χ1n) is 6.19. The summed E-state index contributed by atoms with van der Waals surface area (Å²) in [6.45, 7) is 0. The van der Waals surface area contributed by atoms with Crippen molar-refractivity contribution in [3.8, 4) is 6.07 Å². The third kappa shape index (κ3) is 1.71. The van der Waals surface area contributed by atoms with Crippen LogP contribution < -0.4 is 0 Å². The van der Waals surface area contributed by atoms with Crippen LogP contribution in [-0.2, 0) is 10.3 Å². The van der Waals surface area contributed by atoms with Gasteiger partial charge in [0.2, 0.25) is 0 Å². The number of fused-ring (bicyclic) bond motifs is 2. The lowest BCUT2D eigenvalue weighted by molar-refractivity contribution is -0.116. The molecule has 94 valence electrons. The second kappa shape index (κ2) is 4.04. The second-order valence-corrected chi connectivity index (χ2v) is 5.18. The van der Waals surface area contributed by atoms with Gasteiger partial charge in [-0.25, -0.2) is 4.39 Å². The lowest BCUT2D eigenvalue weighted by Gasteiger charge is -2.37. The predicted molar refractivity (Wildman–Crippen MR) is 62.1 cm³/mol. The molecule has 0 saturated carbocycles. The van der Waals surface area contributed by atoms with Crippen LogP contribution in [0.1, 0.15) is 36.8 Å². The maximum absolute atomic E-state index is 14.2. The fourth-order valence-electron chi connectivity index (χ4n) is 3.11. The monoisotopic (exact) mass is 247 g/mol. The summed E-state index contributed by atoms with van der Waals surface area (Å²) in [6.07, 6.45) is 2.70. The Kier molecular flexibility index (Phi) is 2.61. The molecule has 3 nitrogen and oxygen atoms in total. The topological polar surface area (TPSA) is 53.2 Å². The zero-order valence-electron chi connectivity index (χ0n) is 9.90. The van der Waals surface area contributed by atoms with Gasteiger partial charge in [0.25, 0.3) is 0 Å². The molecule has 1 aromatic carbocycles. The van der Waals surface area contributed by atoms with Crippen LogP contribution in [0.3, 0.4) is 0 Å². The molecule has 4 heteroatoms. The molecule has 2 unspecified atom stereocenters. The molecule has 3 rings (SSSR count). The maximum atomic E-state index is 14.2. The SMILES string of the molecule is N#Cc1cccc(C2(O)CC3CCC(C2)O3)c1F. The van der Waals surface area contributed by atoms with Gasteiger partial charge in [-0.2, -0.15) is 5.26 Å². The van der Waals surface area contributed by atoms with Crippen molar-refractivity contribution in [1.82, 2.24) is 0 Å². The summed E-state index contributed by atoms with van der Waals surface area (Å²) >= 11 is 0. The zero-order chi connectivity index (χ0) is 12.8. The van der Waals surface area contributed by atoms with Crippen molar-refractivity contribution >= 4 is 0 Å². The quantitative estimate of drug-likeness (QED) is 0.828. The van der Waals surface area contributed by atoms with E-state index in [0.717, 1.165) is 12.8 Å². The number of benzene rings is 1. The van der Waals surface area contributed by atoms with Gasteiger partial charge in [-0.1, -0.05) is 12.1 Å². The number of nitriles is 1. The van der Waals surface area contributed by atoms with Gasteiger partial charge in [-0.05, 0) is 18.9 Å². The van der Waals surface area contributed by atoms with E-state index in [4.69, 9.17) is 10.00 Å². The highest BCUT2D eigenvalue weighted by Gasteiger charge is 2.46. The third-order valence-corrected chi connectivity index (χ3v) is 3.95. The summed E-state index contributed by atoms with van der Waals surface area (Å²) in [5.74, 6) is -0.594. The Morgan fingerprint density at radius 2 is 2.00 bits per heavy atom. The average molecular weight is 247 g/mol. The lowest BCUT2D eigenvalue weighted by Crippen LogP contribution is -2.39. The summed E-state index contributed by atoms with van der Waals surface area (Å²) in [5.41, 5.74) is -0.970. The average Bonchev–Trinajstić information content (AvgIpc) is 2.69. The van der Waals surface area contributed by atoms with Gasteiger partial charge in [0.05, 0.1) is 23.4 Å². The molecule has 2 heterocycles. The van der Waals surface area contributed by atoms with Gasteiger partial charge in [-0.15, -0.1) is 0 Å². The van der Waals surface area contributed by atoms with E-state index in [-0.39, 0.29) is 23.3 Å². The minimum absolute atomic E-state index is 0.0129. The van der Waals surface area contributed by atoms with Crippen molar-refractivity contribution in [3.05, 3.63) is 35.1 Å². The van der Waals surface area contributed by atoms with Gasteiger partial charge >= 0.3 is 0 Å². The molecule has 2 saturated heterocycles. The van der Waals surface area contributed by atoms with Crippen molar-refractivity contribution in [3.63, 3.8) is 0 Å². The minimum Gasteiger partial charge on any atom is -0.385 e. The normalized spacial score (nSPS) is 34.3. The molecular formula is C14H14FNO2. The highest BCUT2D eigenvalue weighted by atomic mass is 19.1. The minimum atomic E-state index is -1.19. The summed E-state index contributed by atoms with van der Waals surface area (Å²) in [6, 6.07) is 6.43. The van der Waals surface area contributed by atoms with E-state index in [2.05, 4.69) is 0 Å². The highest BCUT2D eigenvalue weighted by molar-refractivity contribution is 5.38. The number of hydrogen-bond donors (Lipinski definition) is 1. The van der Waals surface area contributed by atoms with Crippen molar-refractivity contribution in [2.24, 2.45) is 0 Å². The lowest BCUT2D eigenvalue weighted by atomic mass is 9.82. The molecule has 0 aromatic heterocycles. The van der Waals surface area contributed by atoms with Crippen LogP contribution in [0.25, 0.3) is 0 Å². The van der Waals surface area contributed by atoms with E-state index < -0.39 is 11.4 Å². The van der Waals surface area contributed by atoms with Crippen LogP contribution >= 0.6 is 0 Å². The molecule has 2 atom stereocenters. The third-order valence-electron chi connectivity index (χ3n) is 3.95. The van der Waals surface area contributed by atoms with Crippen LogP contribution in [0.2, 0.25) is 0 Å². The van der Waals surface area contributed by atoms with Crippen molar-refractivity contribution in [2.45, 2.75) is 43.5 Å². The zero-order valence-corrected chi connectivity index (χ0v) is 9.90. The highest BCUT2D eigenvalue weighted by Crippen LogP contribution is 2.44. The maximum Gasteiger partial charge on any atom is 0.147 e. The summed E-state index contributed by atoms with van der Waals surface area (Å²) in [7, 11) is 0. The second-order valence-electron chi connectivity index (χ2n) is 5.18. The molecule has 2 bridgehead atoms. The molecule has 0 amide bonds. The number of aliphatic hydroxyl groups is 1. The molecule has 1 N–H and O–H groups in total. The molecule has 1 aromatic rings. The standard InChI is InChI=1S/C14H14FNO2/c15-13-9(8-16)2-1-3-12(13)14(17)6-10-4-5-11(7-14)18-10/h1-3,10-11,17H,4-7H2. The van der Waals surface area contributed by atoms with Gasteiger partial charge in [0.1, 0.15) is 11.9 Å². The van der Waals surface area contributed by atoms with E-state index in [9.17, 15) is 9.50 Å². The molecular weight excluding hydrogens is 233 g/mol. The number of nitrogens with zero attached hydrogens (tertiary/aromatic N) is 1. The van der Waals surface area contributed by atoms with Crippen LogP contribution in [0.4, 0.5) is 4.39 Å². The van der Waals surface area contributed by atoms with Gasteiger partial charge in [-0.3, -0.25) is 0 Å². The molecule has 0 spiro atoms. The first-order valence-corrected chi connectivity index (χ1v) is 6.19. The molecule has 0 aliphatic carbocycles. The van der Waals surface area contributed by atoms with E-state index in [1.165, 1.54) is 6.07 Å². The number of rotatable bonds is 1. The molecule has 2 aliphatic rings. The smallest absolute Gasteiger partial charge is 0.147 e. The number of halogens is 1. The van der Waals surface area contributed by atoms with Gasteiger partial charge < -0.3 is 9.84 Å². The summed E-state index contributed by atoms with van der Waals surface area (Å²) in [4.78, 5) is 0. The first-order chi connectivity index (χ1) is 8.62. The van der Waals surface area contributed by atoms with Crippen molar-refractivity contribution in [2.75, 3.05) is 0 Å². The largest absolute Gasteiger partial charge is 0.385 e. The fraction of sp³-hybridized carbons (Fsp3) is 0.500. The van der Waals surface area contributed by atoms with E-state index in [0.29, 0.717) is 12.8 Å². The van der Waals surface area contributed by atoms with Crippen LogP contribution in [0, 0.1) is 17.1 Å².